The molecule has 0 saturated heterocycles. The van der Waals surface area contributed by atoms with E-state index in [1.165, 1.54) is 13.8 Å². The summed E-state index contributed by atoms with van der Waals surface area (Å²) >= 11 is 3.37. The van der Waals surface area contributed by atoms with E-state index in [1.807, 2.05) is 19.1 Å². The van der Waals surface area contributed by atoms with Gasteiger partial charge < -0.3 is 0 Å². The Balaban J connectivity index is 0.000000941. The van der Waals surface area contributed by atoms with Crippen molar-refractivity contribution in [3.8, 4) is 0 Å². The first kappa shape index (κ1) is 23.3. The van der Waals surface area contributed by atoms with Crippen LogP contribution in [0.4, 0.5) is 13.2 Å². The van der Waals surface area contributed by atoms with Crippen LogP contribution in [0.2, 0.25) is 0 Å². The Morgan fingerprint density at radius 3 is 2.28 bits per heavy atom. The monoisotopic (exact) mass is 469 g/mol. The number of halogens is 4. The zero-order valence-corrected chi connectivity index (χ0v) is 18.1. The summed E-state index contributed by atoms with van der Waals surface area (Å²) in [6, 6.07) is 12.6. The Morgan fingerprint density at radius 2 is 1.76 bits per heavy atom. The molecule has 0 spiro atoms. The number of hydrogen-bond donors (Lipinski definition) is 0. The van der Waals surface area contributed by atoms with E-state index in [2.05, 4.69) is 15.9 Å². The van der Waals surface area contributed by atoms with Gasteiger partial charge in [-0.05, 0) is 56.0 Å². The first-order valence-electron chi connectivity index (χ1n) is 9.13. The van der Waals surface area contributed by atoms with Crippen LogP contribution in [0.15, 0.2) is 46.9 Å². The summed E-state index contributed by atoms with van der Waals surface area (Å²) in [5.74, 6) is 0. The number of alkyl halides is 3. The molecule has 0 aliphatic carbocycles. The fraction of sp³-hybridized carbons (Fsp3) is 0.409. The smallest absolute Gasteiger partial charge is 0.282 e. The van der Waals surface area contributed by atoms with Gasteiger partial charge in [0.05, 0.1) is 0 Å². The third kappa shape index (κ3) is 4.97. The molecule has 3 rings (SSSR count). The Morgan fingerprint density at radius 1 is 1.17 bits per heavy atom. The minimum atomic E-state index is -2.69. The second-order valence-corrected chi connectivity index (χ2v) is 8.62. The van der Waals surface area contributed by atoms with Crippen molar-refractivity contribution in [1.82, 2.24) is 4.90 Å². The highest BCUT2D eigenvalue weighted by molar-refractivity contribution is 9.10. The molecule has 0 bridgehead atoms. The van der Waals surface area contributed by atoms with Gasteiger partial charge in [-0.25, -0.2) is 13.2 Å². The van der Waals surface area contributed by atoms with Crippen LogP contribution in [0.1, 0.15) is 36.1 Å². The fourth-order valence-corrected chi connectivity index (χ4v) is 4.25. The molecular formula is C22H23BrF3NO2. The summed E-state index contributed by atoms with van der Waals surface area (Å²) < 4.78 is 44.9. The van der Waals surface area contributed by atoms with E-state index in [1.54, 1.807) is 35.2 Å². The summed E-state index contributed by atoms with van der Waals surface area (Å²) in [4.78, 5) is 17.9. The first-order chi connectivity index (χ1) is 13.6. The lowest BCUT2D eigenvalue weighted by Crippen LogP contribution is -2.58. The Hall–Kier alpha value is -1.95. The minimum absolute atomic E-state index is 0.0548. The van der Waals surface area contributed by atoms with Gasteiger partial charge in [0.1, 0.15) is 11.2 Å². The van der Waals surface area contributed by atoms with E-state index in [9.17, 15) is 13.2 Å². The summed E-state index contributed by atoms with van der Waals surface area (Å²) in [6.07, 6.45) is -1.80. The molecule has 1 aliphatic rings. The third-order valence-electron chi connectivity index (χ3n) is 4.99. The molecule has 0 N–H and O–H groups in total. The van der Waals surface area contributed by atoms with Crippen molar-refractivity contribution < 1.29 is 22.8 Å². The highest BCUT2D eigenvalue weighted by Crippen LogP contribution is 2.46. The van der Waals surface area contributed by atoms with Gasteiger partial charge in [-0.2, -0.15) is 9.59 Å². The van der Waals surface area contributed by atoms with Crippen molar-refractivity contribution in [3.05, 3.63) is 69.2 Å². The maximum absolute atomic E-state index is 14.8. The minimum Gasteiger partial charge on any atom is -0.282 e. The molecule has 29 heavy (non-hydrogen) atoms. The quantitative estimate of drug-likeness (QED) is 0.610. The fourth-order valence-electron chi connectivity index (χ4n) is 3.98. The van der Waals surface area contributed by atoms with Crippen LogP contribution in [0.5, 0.6) is 0 Å². The number of nitrogens with zero attached hydrogens (tertiary/aromatic N) is 1. The lowest BCUT2D eigenvalue weighted by Gasteiger charge is -2.49. The molecule has 156 valence electrons. The Labute approximate surface area is 177 Å². The summed E-state index contributed by atoms with van der Waals surface area (Å²) in [6.45, 7) is 5.18. The molecule has 0 saturated carbocycles. The molecular weight excluding hydrogens is 447 g/mol. The lowest BCUT2D eigenvalue weighted by atomic mass is 9.75. The lowest BCUT2D eigenvalue weighted by molar-refractivity contribution is -0.191. The first-order valence-corrected chi connectivity index (χ1v) is 9.93. The molecule has 2 aromatic carbocycles. The number of carbonyl (C=O) groups excluding carboxylic acids is 2. The number of hydrogen-bond acceptors (Lipinski definition) is 3. The molecule has 0 aromatic heterocycles. The number of benzene rings is 2. The standard InChI is InChI=1S/C21H23BrF3N.CO2/c1-14-4-9-18-15(12-14)10-11-26(13-20(2,3)25)21(18,19(23)24)16-5-7-17(22)8-6-16;2-1-3/h4-9,12,19H,10-11,13H2,1-3H3;. The average Bonchev–Trinajstić information content (AvgIpc) is 2.62. The van der Waals surface area contributed by atoms with Crippen molar-refractivity contribution >= 4 is 22.1 Å². The molecule has 7 heteroatoms. The van der Waals surface area contributed by atoms with Crippen molar-refractivity contribution in [2.45, 2.75) is 44.8 Å². The van der Waals surface area contributed by atoms with Crippen LogP contribution < -0.4 is 0 Å². The van der Waals surface area contributed by atoms with Gasteiger partial charge in [0.2, 0.25) is 0 Å². The number of aryl methyl sites for hydroxylation is 1. The van der Waals surface area contributed by atoms with Gasteiger partial charge in [-0.1, -0.05) is 51.8 Å². The zero-order chi connectivity index (χ0) is 21.8. The van der Waals surface area contributed by atoms with E-state index in [4.69, 9.17) is 9.59 Å². The number of rotatable bonds is 4. The van der Waals surface area contributed by atoms with Gasteiger partial charge >= 0.3 is 6.15 Å². The van der Waals surface area contributed by atoms with Crippen LogP contribution in [0.3, 0.4) is 0 Å². The third-order valence-corrected chi connectivity index (χ3v) is 5.52. The molecule has 3 nitrogen and oxygen atoms in total. The van der Waals surface area contributed by atoms with Crippen LogP contribution in [-0.4, -0.2) is 36.2 Å². The van der Waals surface area contributed by atoms with Gasteiger partial charge in [0.25, 0.3) is 6.43 Å². The topological polar surface area (TPSA) is 37.4 Å². The van der Waals surface area contributed by atoms with Crippen LogP contribution in [-0.2, 0) is 21.5 Å². The van der Waals surface area contributed by atoms with Crippen molar-refractivity contribution in [3.63, 3.8) is 0 Å². The van der Waals surface area contributed by atoms with Gasteiger partial charge in [-0.3, -0.25) is 4.90 Å². The second-order valence-electron chi connectivity index (χ2n) is 7.71. The zero-order valence-electron chi connectivity index (χ0n) is 16.5. The maximum atomic E-state index is 14.8. The van der Waals surface area contributed by atoms with E-state index in [0.29, 0.717) is 24.1 Å². The van der Waals surface area contributed by atoms with Crippen molar-refractivity contribution in [2.24, 2.45) is 0 Å². The van der Waals surface area contributed by atoms with Gasteiger partial charge in [0, 0.05) is 17.6 Å². The Bertz CT molecular complexity index is 875. The largest absolute Gasteiger partial charge is 0.373 e. The van der Waals surface area contributed by atoms with Crippen molar-refractivity contribution in [1.29, 1.82) is 0 Å². The molecule has 1 heterocycles. The molecule has 0 amide bonds. The van der Waals surface area contributed by atoms with Crippen LogP contribution in [0, 0.1) is 6.92 Å². The van der Waals surface area contributed by atoms with E-state index in [0.717, 1.165) is 15.6 Å². The summed E-state index contributed by atoms with van der Waals surface area (Å²) in [5, 5.41) is 0. The van der Waals surface area contributed by atoms with E-state index >= 15 is 0 Å². The summed E-state index contributed by atoms with van der Waals surface area (Å²) in [7, 11) is 0. The molecule has 0 fully saturated rings. The van der Waals surface area contributed by atoms with Gasteiger partial charge in [-0.15, -0.1) is 0 Å². The normalized spacial score (nSPS) is 19.2. The van der Waals surface area contributed by atoms with Crippen molar-refractivity contribution in [2.75, 3.05) is 13.1 Å². The molecule has 1 atom stereocenters. The number of fused-ring (bicyclic) bond motifs is 1. The van der Waals surface area contributed by atoms with Crippen LogP contribution >= 0.6 is 15.9 Å². The van der Waals surface area contributed by atoms with Crippen LogP contribution in [0.25, 0.3) is 0 Å². The predicted octanol–water partition coefficient (Wildman–Crippen LogP) is 5.29. The highest BCUT2D eigenvalue weighted by Gasteiger charge is 2.52. The molecule has 1 aliphatic heterocycles. The summed E-state index contributed by atoms with van der Waals surface area (Å²) in [5.41, 5.74) is -0.188. The Kier molecular flexibility index (Phi) is 7.44. The van der Waals surface area contributed by atoms with E-state index < -0.39 is 17.6 Å². The maximum Gasteiger partial charge on any atom is 0.373 e. The molecule has 0 radical (unpaired) electrons. The SMILES string of the molecule is Cc1ccc2c(c1)CCN(CC(C)(C)F)C2(c1ccc(Br)cc1)C(F)F.O=C=O. The van der Waals surface area contributed by atoms with E-state index in [-0.39, 0.29) is 12.7 Å². The highest BCUT2D eigenvalue weighted by atomic mass is 79.9. The predicted molar refractivity (Wildman–Crippen MR) is 108 cm³/mol. The molecule has 2 aromatic rings. The average molecular weight is 470 g/mol. The molecule has 1 unspecified atom stereocenters. The second kappa shape index (κ2) is 9.24. The van der Waals surface area contributed by atoms with Gasteiger partial charge in [0.15, 0.2) is 0 Å².